The minimum Gasteiger partial charge on any atom is -0.443 e. The van der Waals surface area contributed by atoms with E-state index in [4.69, 9.17) is 15.5 Å². The molecule has 0 spiro atoms. The molecule has 0 amide bonds. The van der Waals surface area contributed by atoms with Crippen molar-refractivity contribution in [2.24, 2.45) is 5.73 Å². The molecule has 130 valence electrons. The average Bonchev–Trinajstić information content (AvgIpc) is 2.73. The Balaban J connectivity index is 1.91. The Morgan fingerprint density at radius 2 is 1.77 bits per heavy atom. The van der Waals surface area contributed by atoms with Gasteiger partial charge in [0.15, 0.2) is 0 Å². The lowest BCUT2D eigenvalue weighted by Gasteiger charge is -2.25. The van der Waals surface area contributed by atoms with Gasteiger partial charge in [0.05, 0.1) is 5.69 Å². The summed E-state index contributed by atoms with van der Waals surface area (Å²) in [5, 5.41) is 0. The van der Waals surface area contributed by atoms with Crippen LogP contribution in [-0.2, 0) is 6.54 Å². The highest BCUT2D eigenvalue weighted by Gasteiger charge is 2.20. The van der Waals surface area contributed by atoms with E-state index in [0.29, 0.717) is 12.4 Å². The summed E-state index contributed by atoms with van der Waals surface area (Å²) in [6.07, 6.45) is 3.62. The van der Waals surface area contributed by atoms with Gasteiger partial charge >= 0.3 is 0 Å². The molecule has 2 aromatic carbocycles. The van der Waals surface area contributed by atoms with Gasteiger partial charge in [-0.15, -0.1) is 0 Å². The van der Waals surface area contributed by atoms with Gasteiger partial charge in [-0.2, -0.15) is 0 Å². The minimum absolute atomic E-state index is 0.531. The van der Waals surface area contributed by atoms with E-state index in [1.807, 2.05) is 36.5 Å². The fourth-order valence-corrected chi connectivity index (χ4v) is 3.16. The third-order valence-corrected chi connectivity index (χ3v) is 4.59. The van der Waals surface area contributed by atoms with Gasteiger partial charge in [-0.1, -0.05) is 54.6 Å². The van der Waals surface area contributed by atoms with Crippen LogP contribution in [0.15, 0.2) is 73.1 Å². The van der Waals surface area contributed by atoms with Crippen LogP contribution in [-0.4, -0.2) is 11.5 Å². The molecule has 0 saturated carbocycles. The Hall–Kier alpha value is -3.11. The lowest BCUT2D eigenvalue weighted by Crippen LogP contribution is -2.19. The van der Waals surface area contributed by atoms with Crippen molar-refractivity contribution in [1.29, 1.82) is 0 Å². The van der Waals surface area contributed by atoms with Gasteiger partial charge in [0.1, 0.15) is 11.9 Å². The molecular weight excluding hydrogens is 322 g/mol. The van der Waals surface area contributed by atoms with Crippen molar-refractivity contribution in [1.82, 2.24) is 4.98 Å². The smallest absolute Gasteiger partial charge is 0.243 e. The van der Waals surface area contributed by atoms with Crippen LogP contribution in [0.4, 0.5) is 5.69 Å². The molecule has 0 radical (unpaired) electrons. The van der Waals surface area contributed by atoms with Crippen LogP contribution in [0.1, 0.15) is 12.5 Å². The van der Waals surface area contributed by atoms with Gasteiger partial charge < -0.3 is 15.4 Å². The Bertz CT molecular complexity index is 934. The van der Waals surface area contributed by atoms with E-state index >= 15 is 0 Å². The predicted octanol–water partition coefficient (Wildman–Crippen LogP) is 4.56. The van der Waals surface area contributed by atoms with Gasteiger partial charge in [-0.25, -0.2) is 4.98 Å². The predicted molar refractivity (Wildman–Crippen MR) is 106 cm³/mol. The van der Waals surface area contributed by atoms with Crippen LogP contribution in [0, 0.1) is 0 Å². The molecule has 3 aromatic rings. The fourth-order valence-electron chi connectivity index (χ4n) is 3.16. The zero-order valence-electron chi connectivity index (χ0n) is 14.7. The first-order valence-corrected chi connectivity index (χ1v) is 8.80. The number of ether oxygens (including phenoxy) is 1. The molecule has 0 unspecified atom stereocenters. The van der Waals surface area contributed by atoms with Gasteiger partial charge in [0.25, 0.3) is 0 Å². The number of nitrogens with zero attached hydrogens (tertiary/aromatic N) is 2. The van der Waals surface area contributed by atoms with Crippen LogP contribution >= 0.6 is 0 Å². The van der Waals surface area contributed by atoms with E-state index in [1.165, 1.54) is 0 Å². The maximum absolute atomic E-state index is 5.73. The molecular formula is C22H21N3O. The molecule has 4 heteroatoms. The summed E-state index contributed by atoms with van der Waals surface area (Å²) in [6.45, 7) is 3.50. The highest BCUT2D eigenvalue weighted by molar-refractivity contribution is 5.85. The zero-order chi connectivity index (χ0) is 17.9. The van der Waals surface area contributed by atoms with Crippen LogP contribution in [0.2, 0.25) is 0 Å². The molecule has 2 N–H and O–H groups in total. The number of hydrogen-bond donors (Lipinski definition) is 1. The molecule has 4 rings (SSSR count). The van der Waals surface area contributed by atoms with E-state index < -0.39 is 0 Å². The van der Waals surface area contributed by atoms with Crippen molar-refractivity contribution < 1.29 is 4.74 Å². The van der Waals surface area contributed by atoms with Crippen molar-refractivity contribution in [2.45, 2.75) is 13.5 Å². The molecule has 1 aliphatic heterocycles. The first-order chi connectivity index (χ1) is 12.8. The molecule has 0 saturated heterocycles. The van der Waals surface area contributed by atoms with Gasteiger partial charge in [0.2, 0.25) is 5.88 Å². The molecule has 0 aliphatic carbocycles. The van der Waals surface area contributed by atoms with E-state index in [-0.39, 0.29) is 0 Å². The maximum atomic E-state index is 5.73. The third kappa shape index (κ3) is 2.95. The first kappa shape index (κ1) is 16.4. The second-order valence-electron chi connectivity index (χ2n) is 6.16. The summed E-state index contributed by atoms with van der Waals surface area (Å²) >= 11 is 0. The average molecular weight is 343 g/mol. The quantitative estimate of drug-likeness (QED) is 0.754. The Morgan fingerprint density at radius 1 is 1.00 bits per heavy atom. The highest BCUT2D eigenvalue weighted by atomic mass is 16.5. The summed E-state index contributed by atoms with van der Waals surface area (Å²) in [6, 6.07) is 20.7. The topological polar surface area (TPSA) is 51.4 Å². The van der Waals surface area contributed by atoms with E-state index in [9.17, 15) is 0 Å². The fraction of sp³-hybridized carbons (Fsp3) is 0.136. The highest BCUT2D eigenvalue weighted by Crippen LogP contribution is 2.40. The van der Waals surface area contributed by atoms with Crippen molar-refractivity contribution in [3.8, 4) is 28.3 Å². The number of anilines is 1. The minimum atomic E-state index is 0.531. The monoisotopic (exact) mass is 343 g/mol. The van der Waals surface area contributed by atoms with Gasteiger partial charge in [-0.05, 0) is 24.1 Å². The number of hydrogen-bond acceptors (Lipinski definition) is 4. The number of rotatable bonds is 4. The first-order valence-electron chi connectivity index (χ1n) is 8.80. The van der Waals surface area contributed by atoms with Crippen LogP contribution in [0.25, 0.3) is 22.4 Å². The molecule has 4 nitrogen and oxygen atoms in total. The number of nitrogens with two attached hydrogens (primary N) is 1. The Morgan fingerprint density at radius 3 is 2.46 bits per heavy atom. The molecule has 0 atom stereocenters. The Labute approximate surface area is 153 Å². The van der Waals surface area contributed by atoms with Crippen LogP contribution < -0.4 is 15.4 Å². The summed E-state index contributed by atoms with van der Waals surface area (Å²) in [5.41, 5.74) is 12.0. The normalized spacial score (nSPS) is 12.6. The molecule has 0 fully saturated rings. The van der Waals surface area contributed by atoms with E-state index in [2.05, 4.69) is 42.2 Å². The van der Waals surface area contributed by atoms with Crippen LogP contribution in [0.5, 0.6) is 5.88 Å². The maximum Gasteiger partial charge on any atom is 0.243 e. The Kier molecular flexibility index (Phi) is 4.42. The third-order valence-electron chi connectivity index (χ3n) is 4.59. The summed E-state index contributed by atoms with van der Waals surface area (Å²) in [5.74, 6) is 0.631. The number of aromatic nitrogens is 1. The lowest BCUT2D eigenvalue weighted by molar-refractivity contribution is 0.451. The number of fused-ring (bicyclic) bond motifs is 1. The summed E-state index contributed by atoms with van der Waals surface area (Å²) in [7, 11) is 0. The number of benzene rings is 2. The standard InChI is InChI=1S/C22H21N3O/c1-2-25-12-13-26-22-20(25)14-19(17-6-4-3-5-7-17)21(24-22)18-10-8-16(15-23)9-11-18/h3-14H,2,15,23H2,1H3. The summed E-state index contributed by atoms with van der Waals surface area (Å²) in [4.78, 5) is 7.01. The molecule has 1 aliphatic rings. The van der Waals surface area contributed by atoms with E-state index in [1.54, 1.807) is 6.26 Å². The largest absolute Gasteiger partial charge is 0.443 e. The van der Waals surface area contributed by atoms with Gasteiger partial charge in [-0.3, -0.25) is 0 Å². The zero-order valence-corrected chi connectivity index (χ0v) is 14.7. The lowest BCUT2D eigenvalue weighted by atomic mass is 9.98. The second-order valence-corrected chi connectivity index (χ2v) is 6.16. The van der Waals surface area contributed by atoms with Crippen molar-refractivity contribution in [2.75, 3.05) is 11.4 Å². The molecule has 2 heterocycles. The van der Waals surface area contributed by atoms with Crippen molar-refractivity contribution >= 4 is 5.69 Å². The van der Waals surface area contributed by atoms with Crippen molar-refractivity contribution in [3.05, 3.63) is 78.7 Å². The number of pyridine rings is 1. The molecule has 1 aromatic heterocycles. The molecule has 0 bridgehead atoms. The SMILES string of the molecule is CCN1C=COc2nc(-c3ccc(CN)cc3)c(-c3ccccc3)cc21. The summed E-state index contributed by atoms with van der Waals surface area (Å²) < 4.78 is 5.70. The van der Waals surface area contributed by atoms with Crippen LogP contribution in [0.3, 0.4) is 0 Å². The van der Waals surface area contributed by atoms with Gasteiger partial charge in [0, 0.05) is 30.4 Å². The second kappa shape index (κ2) is 7.02. The molecule has 26 heavy (non-hydrogen) atoms. The van der Waals surface area contributed by atoms with Crippen molar-refractivity contribution in [3.63, 3.8) is 0 Å². The van der Waals surface area contributed by atoms with E-state index in [0.717, 1.165) is 40.2 Å².